The Bertz CT molecular complexity index is 320. The van der Waals surface area contributed by atoms with Crippen LogP contribution in [0, 0.1) is 0 Å². The smallest absolute Gasteiger partial charge is 0.122 e. The third-order valence-corrected chi connectivity index (χ3v) is 4.55. The lowest BCUT2D eigenvalue weighted by Crippen LogP contribution is -2.38. The van der Waals surface area contributed by atoms with Gasteiger partial charge >= 0.3 is 0 Å². The maximum absolute atomic E-state index is 3.68. The highest BCUT2D eigenvalue weighted by atomic mass is 79.9. The zero-order valence-corrected chi connectivity index (χ0v) is 13.2. The van der Waals surface area contributed by atoms with Crippen LogP contribution in [0.2, 0.25) is 0 Å². The highest BCUT2D eigenvalue weighted by Gasteiger charge is 2.24. The fourth-order valence-corrected chi connectivity index (χ4v) is 3.52. The summed E-state index contributed by atoms with van der Waals surface area (Å²) in [7, 11) is 0. The second-order valence-corrected chi connectivity index (χ2v) is 7.69. The summed E-state index contributed by atoms with van der Waals surface area (Å²) in [5, 5.41) is 0. The first-order valence-electron chi connectivity index (χ1n) is 6.35. The van der Waals surface area contributed by atoms with Crippen LogP contribution in [0.3, 0.4) is 0 Å². The molecular formula is C14H19Br2N. The number of halogens is 2. The molecule has 3 heteroatoms. The van der Waals surface area contributed by atoms with Crippen molar-refractivity contribution in [2.24, 2.45) is 0 Å². The molecule has 2 rings (SSSR count). The number of nitrogens with zero attached hydrogens (tertiary/aromatic N) is 1. The molecule has 0 aliphatic heterocycles. The van der Waals surface area contributed by atoms with Gasteiger partial charge < -0.3 is 0 Å². The van der Waals surface area contributed by atoms with Crippen LogP contribution in [-0.2, 0) is 6.54 Å². The maximum atomic E-state index is 3.68. The second kappa shape index (κ2) is 6.91. The van der Waals surface area contributed by atoms with E-state index in [0.717, 1.165) is 6.54 Å². The molecule has 0 atom stereocenters. The Morgan fingerprint density at radius 1 is 1.06 bits per heavy atom. The van der Waals surface area contributed by atoms with Gasteiger partial charge in [0.15, 0.2) is 0 Å². The molecule has 1 fully saturated rings. The van der Waals surface area contributed by atoms with Gasteiger partial charge in [-0.25, -0.2) is 0 Å². The van der Waals surface area contributed by atoms with E-state index >= 15 is 0 Å². The monoisotopic (exact) mass is 359 g/mol. The molecule has 1 aliphatic rings. The molecule has 0 aromatic heterocycles. The summed E-state index contributed by atoms with van der Waals surface area (Å²) in [4.78, 5) is 2.52. The minimum absolute atomic E-state index is 0.276. The van der Waals surface area contributed by atoms with E-state index in [1.807, 2.05) is 0 Å². The van der Waals surface area contributed by atoms with Gasteiger partial charge in [0, 0.05) is 12.6 Å². The quantitative estimate of drug-likeness (QED) is 0.545. The average Bonchev–Trinajstić information content (AvgIpc) is 2.38. The number of hydrogen-bond acceptors (Lipinski definition) is 1. The molecule has 0 bridgehead atoms. The van der Waals surface area contributed by atoms with Gasteiger partial charge in [-0.1, -0.05) is 81.5 Å². The van der Waals surface area contributed by atoms with E-state index in [-0.39, 0.29) is 3.86 Å². The lowest BCUT2D eigenvalue weighted by molar-refractivity contribution is 0.169. The molecule has 17 heavy (non-hydrogen) atoms. The summed E-state index contributed by atoms with van der Waals surface area (Å²) in [5.74, 6) is 0. The minimum atomic E-state index is 0.276. The zero-order valence-electron chi connectivity index (χ0n) is 9.99. The predicted octanol–water partition coefficient (Wildman–Crippen LogP) is 4.89. The Morgan fingerprint density at radius 2 is 1.71 bits per heavy atom. The Balaban J connectivity index is 2.01. The molecule has 1 saturated carbocycles. The Kier molecular flexibility index (Phi) is 5.51. The first kappa shape index (κ1) is 13.6. The third kappa shape index (κ3) is 4.08. The molecule has 1 nitrogen and oxygen atoms in total. The van der Waals surface area contributed by atoms with Crippen molar-refractivity contribution in [2.45, 2.75) is 48.6 Å². The topological polar surface area (TPSA) is 3.24 Å². The Morgan fingerprint density at radius 3 is 2.29 bits per heavy atom. The van der Waals surface area contributed by atoms with Crippen LogP contribution in [0.5, 0.6) is 0 Å². The summed E-state index contributed by atoms with van der Waals surface area (Å²) >= 11 is 7.35. The van der Waals surface area contributed by atoms with Gasteiger partial charge in [-0.15, -0.1) is 0 Å². The fourth-order valence-electron chi connectivity index (χ4n) is 2.56. The first-order valence-corrected chi connectivity index (χ1v) is 8.18. The third-order valence-electron chi connectivity index (χ3n) is 3.50. The number of benzene rings is 1. The van der Waals surface area contributed by atoms with E-state index in [1.165, 1.54) is 37.7 Å². The SMILES string of the molecule is BrC(Br)N(Cc1ccccc1)C1CCCCC1. The molecular weight excluding hydrogens is 342 g/mol. The molecule has 0 heterocycles. The first-order chi connectivity index (χ1) is 8.27. The van der Waals surface area contributed by atoms with Gasteiger partial charge in [0.25, 0.3) is 0 Å². The summed E-state index contributed by atoms with van der Waals surface area (Å²) < 4.78 is 0.276. The van der Waals surface area contributed by atoms with Crippen LogP contribution in [0.1, 0.15) is 37.7 Å². The van der Waals surface area contributed by atoms with Gasteiger partial charge in [0.2, 0.25) is 0 Å². The van der Waals surface area contributed by atoms with Crippen molar-refractivity contribution < 1.29 is 0 Å². The Hall–Kier alpha value is 0.140. The van der Waals surface area contributed by atoms with Crippen molar-refractivity contribution in [3.8, 4) is 0 Å². The van der Waals surface area contributed by atoms with Gasteiger partial charge in [0.1, 0.15) is 3.86 Å². The van der Waals surface area contributed by atoms with Crippen LogP contribution >= 0.6 is 31.9 Å². The van der Waals surface area contributed by atoms with Gasteiger partial charge in [-0.3, -0.25) is 4.90 Å². The highest BCUT2D eigenvalue weighted by Crippen LogP contribution is 2.29. The molecule has 0 unspecified atom stereocenters. The number of rotatable bonds is 4. The standard InChI is InChI=1S/C14H19Br2N/c15-14(16)17(13-9-5-2-6-10-13)11-12-7-3-1-4-8-12/h1,3-4,7-8,13-14H,2,5-6,9-11H2. The fraction of sp³-hybridized carbons (Fsp3) is 0.571. The van der Waals surface area contributed by atoms with Crippen molar-refractivity contribution in [2.75, 3.05) is 0 Å². The molecule has 1 aliphatic carbocycles. The van der Waals surface area contributed by atoms with Gasteiger partial charge in [-0.2, -0.15) is 0 Å². The predicted molar refractivity (Wildman–Crippen MR) is 80.5 cm³/mol. The van der Waals surface area contributed by atoms with E-state index in [1.54, 1.807) is 0 Å². The average molecular weight is 361 g/mol. The van der Waals surface area contributed by atoms with E-state index < -0.39 is 0 Å². The van der Waals surface area contributed by atoms with E-state index in [9.17, 15) is 0 Å². The van der Waals surface area contributed by atoms with Crippen LogP contribution in [-0.4, -0.2) is 14.8 Å². The molecule has 0 N–H and O–H groups in total. The van der Waals surface area contributed by atoms with Crippen molar-refractivity contribution >= 4 is 31.9 Å². The van der Waals surface area contributed by atoms with Gasteiger partial charge in [0.05, 0.1) is 0 Å². The van der Waals surface area contributed by atoms with Crippen LogP contribution < -0.4 is 0 Å². The molecule has 0 radical (unpaired) electrons. The lowest BCUT2D eigenvalue weighted by Gasteiger charge is -2.35. The summed E-state index contributed by atoms with van der Waals surface area (Å²) in [5.41, 5.74) is 1.39. The van der Waals surface area contributed by atoms with Crippen LogP contribution in [0.15, 0.2) is 30.3 Å². The molecule has 94 valence electrons. The van der Waals surface area contributed by atoms with Crippen molar-refractivity contribution in [3.63, 3.8) is 0 Å². The summed E-state index contributed by atoms with van der Waals surface area (Å²) in [6.45, 7) is 1.02. The number of alkyl halides is 2. The van der Waals surface area contributed by atoms with Crippen molar-refractivity contribution in [3.05, 3.63) is 35.9 Å². The zero-order chi connectivity index (χ0) is 12.1. The lowest BCUT2D eigenvalue weighted by atomic mass is 9.94. The second-order valence-electron chi connectivity index (χ2n) is 4.73. The number of hydrogen-bond donors (Lipinski definition) is 0. The molecule has 0 spiro atoms. The van der Waals surface area contributed by atoms with Crippen molar-refractivity contribution in [1.82, 2.24) is 4.90 Å². The normalized spacial score (nSPS) is 17.9. The largest absolute Gasteiger partial charge is 0.275 e. The molecule has 1 aromatic rings. The van der Waals surface area contributed by atoms with E-state index in [4.69, 9.17) is 0 Å². The highest BCUT2D eigenvalue weighted by molar-refractivity contribution is 9.24. The summed E-state index contributed by atoms with van der Waals surface area (Å²) in [6.07, 6.45) is 6.83. The molecule has 0 amide bonds. The van der Waals surface area contributed by atoms with Crippen LogP contribution in [0.4, 0.5) is 0 Å². The van der Waals surface area contributed by atoms with Crippen LogP contribution in [0.25, 0.3) is 0 Å². The minimum Gasteiger partial charge on any atom is -0.275 e. The molecule has 0 saturated heterocycles. The van der Waals surface area contributed by atoms with Gasteiger partial charge in [-0.05, 0) is 18.4 Å². The molecule has 1 aromatic carbocycles. The van der Waals surface area contributed by atoms with E-state index in [0.29, 0.717) is 6.04 Å². The van der Waals surface area contributed by atoms with E-state index in [2.05, 4.69) is 67.1 Å². The Labute approximate surface area is 121 Å². The summed E-state index contributed by atoms with van der Waals surface area (Å²) in [6, 6.07) is 11.4. The maximum Gasteiger partial charge on any atom is 0.122 e. The van der Waals surface area contributed by atoms with Crippen molar-refractivity contribution in [1.29, 1.82) is 0 Å².